The van der Waals surface area contributed by atoms with Gasteiger partial charge in [-0.15, -0.1) is 0 Å². The molecule has 1 aliphatic carbocycles. The lowest BCUT2D eigenvalue weighted by molar-refractivity contribution is -0.438. The summed E-state index contributed by atoms with van der Waals surface area (Å²) in [5.41, 5.74) is 7.63. The maximum Gasteiger partial charge on any atom is 0.264 e. The van der Waals surface area contributed by atoms with Gasteiger partial charge < -0.3 is 4.90 Å². The second-order valence-electron chi connectivity index (χ2n) is 14.5. The summed E-state index contributed by atoms with van der Waals surface area (Å²) in [5, 5.41) is 2.00. The fourth-order valence-corrected chi connectivity index (χ4v) is 9.25. The molecule has 8 nitrogen and oxygen atoms in total. The lowest BCUT2D eigenvalue weighted by Crippen LogP contribution is -2.28. The number of rotatable bonds is 13. The number of allylic oxidation sites excluding steroid dienone is 8. The number of fused-ring (bicyclic) bond motifs is 2. The predicted molar refractivity (Wildman–Crippen MR) is 209 cm³/mol. The molecular formula is C38H46Cl3N2O6S2+. The number of benzene rings is 2. The molecular weight excluding hydrogens is 751 g/mol. The maximum absolute atomic E-state index is 11.3. The summed E-state index contributed by atoms with van der Waals surface area (Å²) < 4.78 is 66.0. The molecule has 5 rings (SSSR count). The van der Waals surface area contributed by atoms with Gasteiger partial charge in [0.25, 0.3) is 20.2 Å². The Kier molecular flexibility index (Phi) is 12.1. The Balaban J connectivity index is 1.46. The first kappa shape index (κ1) is 39.8. The van der Waals surface area contributed by atoms with Crippen molar-refractivity contribution >= 4 is 72.1 Å². The smallest absolute Gasteiger partial charge is 0.264 e. The molecule has 2 N–H and O–H groups in total. The number of halogens is 3. The molecule has 0 spiro atoms. The minimum Gasteiger partial charge on any atom is -0.344 e. The van der Waals surface area contributed by atoms with Gasteiger partial charge in [0.05, 0.1) is 16.9 Å². The van der Waals surface area contributed by atoms with Crippen LogP contribution in [-0.4, -0.2) is 60.8 Å². The molecule has 2 aliphatic heterocycles. The number of unbranched alkanes of at least 4 members (excludes halogenated alkanes) is 2. The van der Waals surface area contributed by atoms with Gasteiger partial charge in [-0.2, -0.15) is 21.4 Å². The summed E-state index contributed by atoms with van der Waals surface area (Å²) in [6, 6.07) is 11.7. The Morgan fingerprint density at radius 2 is 1.41 bits per heavy atom. The van der Waals surface area contributed by atoms with Gasteiger partial charge in [0.2, 0.25) is 5.69 Å². The van der Waals surface area contributed by atoms with Gasteiger partial charge in [0, 0.05) is 62.5 Å². The van der Waals surface area contributed by atoms with Crippen LogP contribution in [0.4, 0.5) is 11.4 Å². The van der Waals surface area contributed by atoms with E-state index in [1.54, 1.807) is 0 Å². The normalized spacial score (nSPS) is 20.3. The van der Waals surface area contributed by atoms with Gasteiger partial charge in [-0.3, -0.25) is 9.11 Å². The molecule has 0 unspecified atom stereocenters. The van der Waals surface area contributed by atoms with Crippen molar-refractivity contribution in [1.29, 1.82) is 0 Å². The summed E-state index contributed by atoms with van der Waals surface area (Å²) in [6.45, 7) is 9.76. The second kappa shape index (κ2) is 15.5. The predicted octanol–water partition coefficient (Wildman–Crippen LogP) is 9.55. The molecule has 0 aromatic heterocycles. The van der Waals surface area contributed by atoms with Crippen LogP contribution in [0.1, 0.15) is 83.8 Å². The topological polar surface area (TPSA) is 115 Å². The van der Waals surface area contributed by atoms with Crippen LogP contribution in [-0.2, 0) is 31.1 Å². The van der Waals surface area contributed by atoms with E-state index in [1.165, 1.54) is 0 Å². The van der Waals surface area contributed by atoms with Gasteiger partial charge in [-0.1, -0.05) is 60.8 Å². The summed E-state index contributed by atoms with van der Waals surface area (Å²) in [6.07, 6.45) is 12.8. The maximum atomic E-state index is 11.3. The van der Waals surface area contributed by atoms with Crippen LogP contribution in [0.5, 0.6) is 0 Å². The van der Waals surface area contributed by atoms with E-state index in [2.05, 4.69) is 61.5 Å². The minimum absolute atomic E-state index is 0.278. The average Bonchev–Trinajstić information content (AvgIpc) is 3.36. The fourth-order valence-electron chi connectivity index (χ4n) is 7.45. The molecule has 0 atom stereocenters. The van der Waals surface area contributed by atoms with Crippen molar-refractivity contribution in [3.8, 4) is 0 Å². The van der Waals surface area contributed by atoms with Crippen molar-refractivity contribution in [1.82, 2.24) is 0 Å². The van der Waals surface area contributed by atoms with Crippen LogP contribution >= 0.6 is 34.8 Å². The molecule has 13 heteroatoms. The lowest BCUT2D eigenvalue weighted by Gasteiger charge is -2.27. The van der Waals surface area contributed by atoms with Crippen molar-refractivity contribution in [2.75, 3.05) is 29.5 Å². The number of anilines is 1. The van der Waals surface area contributed by atoms with Crippen molar-refractivity contribution in [2.45, 2.75) is 83.5 Å². The number of hydrogen-bond donors (Lipinski definition) is 2. The largest absolute Gasteiger partial charge is 0.344 e. The molecule has 0 fully saturated rings. The first-order chi connectivity index (χ1) is 23.8. The van der Waals surface area contributed by atoms with E-state index in [-0.39, 0.29) is 22.3 Å². The molecule has 0 radical (unpaired) electrons. The zero-order chi connectivity index (χ0) is 37.4. The van der Waals surface area contributed by atoms with Gasteiger partial charge >= 0.3 is 0 Å². The van der Waals surface area contributed by atoms with E-state index >= 15 is 0 Å². The van der Waals surface area contributed by atoms with Gasteiger partial charge in [0.15, 0.2) is 5.71 Å². The molecule has 2 aromatic carbocycles. The van der Waals surface area contributed by atoms with Gasteiger partial charge in [-0.25, -0.2) is 0 Å². The first-order valence-electron chi connectivity index (χ1n) is 17.2. The van der Waals surface area contributed by atoms with Crippen LogP contribution in [0, 0.1) is 0 Å². The summed E-state index contributed by atoms with van der Waals surface area (Å²) in [7, 11) is -8.06. The Bertz CT molecular complexity index is 2080. The Morgan fingerprint density at radius 1 is 0.784 bits per heavy atom. The molecule has 0 bridgehead atoms. The van der Waals surface area contributed by atoms with E-state index in [9.17, 15) is 25.9 Å². The standard InChI is InChI=1S/C38H45Cl3N2O6S2/c1-37(2)30-24-28(39)14-16-32(30)42(20-5-7-22-50(44,45)46)34(37)18-12-26-10-9-11-27(36(26)41)13-19-35-38(3,4)31-25-29(40)15-17-33(31)43(35)21-6-8-23-51(47,48)49/h12-19,24-25H,5-11,20-23H2,1-4H3,(H-,44,45,46,47,48,49)/p+1. The molecule has 0 saturated carbocycles. The molecule has 3 aliphatic rings. The van der Waals surface area contributed by atoms with Gasteiger partial charge in [0.1, 0.15) is 6.54 Å². The third-order valence-electron chi connectivity index (χ3n) is 10.1. The molecule has 2 heterocycles. The van der Waals surface area contributed by atoms with Gasteiger partial charge in [-0.05, 0) is 105 Å². The van der Waals surface area contributed by atoms with E-state index in [1.807, 2.05) is 36.4 Å². The Hall–Kier alpha value is -2.44. The van der Waals surface area contributed by atoms with E-state index in [4.69, 9.17) is 34.8 Å². The summed E-state index contributed by atoms with van der Waals surface area (Å²) in [5.74, 6) is -0.557. The fraction of sp³-hybridized carbons (Fsp3) is 0.447. The summed E-state index contributed by atoms with van der Waals surface area (Å²) >= 11 is 20.0. The van der Waals surface area contributed by atoms with Crippen LogP contribution in [0.2, 0.25) is 10.0 Å². The van der Waals surface area contributed by atoms with Crippen molar-refractivity contribution in [3.05, 3.63) is 104 Å². The van der Waals surface area contributed by atoms with E-state index in [0.717, 1.165) is 64.3 Å². The molecule has 0 saturated heterocycles. The summed E-state index contributed by atoms with van der Waals surface area (Å²) in [4.78, 5) is 2.21. The number of nitrogens with zero attached hydrogens (tertiary/aromatic N) is 2. The van der Waals surface area contributed by atoms with Crippen molar-refractivity contribution in [2.24, 2.45) is 0 Å². The van der Waals surface area contributed by atoms with E-state index in [0.29, 0.717) is 53.9 Å². The number of hydrogen-bond acceptors (Lipinski definition) is 5. The highest BCUT2D eigenvalue weighted by Gasteiger charge is 2.44. The Morgan fingerprint density at radius 3 is 2.08 bits per heavy atom. The van der Waals surface area contributed by atoms with Crippen LogP contribution in [0.15, 0.2) is 82.6 Å². The van der Waals surface area contributed by atoms with E-state index < -0.39 is 20.2 Å². The second-order valence-corrected chi connectivity index (χ2v) is 18.9. The highest BCUT2D eigenvalue weighted by molar-refractivity contribution is 7.86. The van der Waals surface area contributed by atoms with Crippen molar-refractivity contribution < 1.29 is 30.5 Å². The van der Waals surface area contributed by atoms with Crippen LogP contribution in [0.3, 0.4) is 0 Å². The third-order valence-corrected chi connectivity index (χ3v) is 12.7. The molecule has 276 valence electrons. The van der Waals surface area contributed by atoms with Crippen LogP contribution < -0.4 is 4.90 Å². The first-order valence-corrected chi connectivity index (χ1v) is 21.6. The lowest BCUT2D eigenvalue weighted by atomic mass is 9.81. The zero-order valence-corrected chi connectivity index (χ0v) is 33.3. The highest BCUT2D eigenvalue weighted by Crippen LogP contribution is 2.49. The third kappa shape index (κ3) is 9.21. The monoisotopic (exact) mass is 795 g/mol. The Labute approximate surface area is 317 Å². The van der Waals surface area contributed by atoms with Crippen molar-refractivity contribution in [3.63, 3.8) is 0 Å². The molecule has 51 heavy (non-hydrogen) atoms. The quantitative estimate of drug-likeness (QED) is 0.118. The average molecular weight is 797 g/mol. The highest BCUT2D eigenvalue weighted by atomic mass is 35.5. The molecule has 0 amide bonds. The minimum atomic E-state index is -4.03. The van der Waals surface area contributed by atoms with Crippen LogP contribution in [0.25, 0.3) is 0 Å². The molecule has 2 aromatic rings. The SMILES string of the molecule is CC1(C)C(=CC=C2CCCC(C=CC3=[N+](CCCCS(=O)(=O)O)c4ccc(Cl)cc4C3(C)C)=C2Cl)N(CCCCS(=O)(=O)O)c2ccc(Cl)cc21. The zero-order valence-electron chi connectivity index (χ0n) is 29.4.